The van der Waals surface area contributed by atoms with Gasteiger partial charge in [-0.15, -0.1) is 0 Å². The Hall–Kier alpha value is -4.58. The normalized spacial score (nSPS) is 13.1. The molecule has 0 radical (unpaired) electrons. The van der Waals surface area contributed by atoms with Gasteiger partial charge in [0.05, 0.1) is 0 Å². The van der Waals surface area contributed by atoms with Gasteiger partial charge < -0.3 is 21.3 Å². The Balaban J connectivity index is 1.68. The molecule has 0 saturated carbocycles. The maximum Gasteiger partial charge on any atom is 0.429 e. The number of carbonyl (C=O) groups is 1. The molecular formula is C26H21F4N5O3. The lowest BCUT2D eigenvalue weighted by molar-refractivity contribution is -0.199. The molecule has 12 heteroatoms. The van der Waals surface area contributed by atoms with Gasteiger partial charge in [-0.1, -0.05) is 60.7 Å². The predicted molar refractivity (Wildman–Crippen MR) is 130 cm³/mol. The van der Waals surface area contributed by atoms with Crippen LogP contribution in [-0.4, -0.2) is 38.2 Å². The van der Waals surface area contributed by atoms with Gasteiger partial charge in [-0.3, -0.25) is 4.79 Å². The number of carboxylic acid groups (broad SMARTS) is 1. The summed E-state index contributed by atoms with van der Waals surface area (Å²) in [6, 6.07) is 15.3. The van der Waals surface area contributed by atoms with Gasteiger partial charge in [-0.25, -0.2) is 4.39 Å². The molecule has 4 aromatic rings. The minimum Gasteiger partial charge on any atom is -0.480 e. The number of aliphatic carboxylic acids is 1. The van der Waals surface area contributed by atoms with E-state index in [0.29, 0.717) is 11.1 Å². The first-order valence-corrected chi connectivity index (χ1v) is 11.2. The minimum atomic E-state index is -4.89. The molecule has 4 rings (SSSR count). The summed E-state index contributed by atoms with van der Waals surface area (Å²) in [5, 5.41) is 8.97. The molecule has 196 valence electrons. The smallest absolute Gasteiger partial charge is 0.429 e. The van der Waals surface area contributed by atoms with Crippen molar-refractivity contribution in [2.45, 2.75) is 24.7 Å². The van der Waals surface area contributed by atoms with Crippen LogP contribution in [0.15, 0.2) is 72.8 Å². The summed E-state index contributed by atoms with van der Waals surface area (Å²) in [7, 11) is 0. The number of benzene rings is 3. The number of nitrogen functional groups attached to an aromatic ring is 1. The Kier molecular flexibility index (Phi) is 7.53. The number of alkyl halides is 3. The highest BCUT2D eigenvalue weighted by atomic mass is 19.4. The van der Waals surface area contributed by atoms with Crippen LogP contribution in [0.2, 0.25) is 0 Å². The summed E-state index contributed by atoms with van der Waals surface area (Å²) in [6.07, 6.45) is -7.33. The first kappa shape index (κ1) is 26.5. The second-order valence-electron chi connectivity index (χ2n) is 8.28. The highest BCUT2D eigenvalue weighted by Gasteiger charge is 2.45. The summed E-state index contributed by atoms with van der Waals surface area (Å²) in [6.45, 7) is 0. The van der Waals surface area contributed by atoms with Crippen LogP contribution in [0.5, 0.6) is 6.01 Å². The number of hydrogen-bond donors (Lipinski definition) is 3. The van der Waals surface area contributed by atoms with Crippen molar-refractivity contribution >= 4 is 11.9 Å². The van der Waals surface area contributed by atoms with E-state index in [-0.39, 0.29) is 34.9 Å². The average molecular weight is 527 g/mol. The Morgan fingerprint density at radius 1 is 0.947 bits per heavy atom. The fourth-order valence-electron chi connectivity index (χ4n) is 3.74. The predicted octanol–water partition coefficient (Wildman–Crippen LogP) is 4.56. The highest BCUT2D eigenvalue weighted by molar-refractivity contribution is 5.73. The van der Waals surface area contributed by atoms with E-state index in [0.717, 1.165) is 6.07 Å². The molecule has 1 heterocycles. The lowest BCUT2D eigenvalue weighted by atomic mass is 9.96. The van der Waals surface area contributed by atoms with Crippen LogP contribution < -0.4 is 16.2 Å². The monoisotopic (exact) mass is 527 g/mol. The van der Waals surface area contributed by atoms with E-state index in [9.17, 15) is 22.4 Å². The fraction of sp³-hybridized carbons (Fsp3) is 0.154. The molecule has 0 aliphatic heterocycles. The number of ether oxygens (including phenoxy) is 1. The van der Waals surface area contributed by atoms with Crippen LogP contribution >= 0.6 is 0 Å². The third kappa shape index (κ3) is 6.21. The summed E-state index contributed by atoms with van der Waals surface area (Å²) >= 11 is 0. The Morgan fingerprint density at radius 2 is 1.66 bits per heavy atom. The Bertz CT molecular complexity index is 1450. The topological polar surface area (TPSA) is 137 Å². The van der Waals surface area contributed by atoms with E-state index in [2.05, 4.69) is 15.0 Å². The maximum absolute atomic E-state index is 14.2. The molecule has 3 aromatic carbocycles. The molecule has 2 atom stereocenters. The van der Waals surface area contributed by atoms with Crippen molar-refractivity contribution in [3.05, 3.63) is 89.7 Å². The second kappa shape index (κ2) is 10.8. The average Bonchev–Trinajstić information content (AvgIpc) is 2.87. The van der Waals surface area contributed by atoms with Gasteiger partial charge in [-0.05, 0) is 35.2 Å². The van der Waals surface area contributed by atoms with E-state index in [1.54, 1.807) is 24.3 Å². The van der Waals surface area contributed by atoms with Crippen molar-refractivity contribution in [2.75, 3.05) is 5.73 Å². The number of halogens is 4. The number of nitrogens with two attached hydrogens (primary N) is 2. The molecule has 0 aliphatic rings. The van der Waals surface area contributed by atoms with Gasteiger partial charge in [-0.2, -0.15) is 28.1 Å². The lowest BCUT2D eigenvalue weighted by Gasteiger charge is -2.23. The number of aromatic nitrogens is 3. The summed E-state index contributed by atoms with van der Waals surface area (Å²) in [4.78, 5) is 22.7. The van der Waals surface area contributed by atoms with Crippen molar-refractivity contribution in [3.8, 4) is 28.5 Å². The van der Waals surface area contributed by atoms with E-state index in [1.165, 1.54) is 42.5 Å². The molecule has 1 aromatic heterocycles. The van der Waals surface area contributed by atoms with Gasteiger partial charge in [0.1, 0.15) is 11.9 Å². The van der Waals surface area contributed by atoms with Gasteiger partial charge in [0, 0.05) is 11.1 Å². The molecule has 0 saturated heterocycles. The van der Waals surface area contributed by atoms with Gasteiger partial charge in [0.15, 0.2) is 5.82 Å². The van der Waals surface area contributed by atoms with Crippen molar-refractivity contribution in [1.82, 2.24) is 15.0 Å². The summed E-state index contributed by atoms with van der Waals surface area (Å²) in [5.74, 6) is -2.19. The zero-order valence-corrected chi connectivity index (χ0v) is 19.6. The molecule has 0 aliphatic carbocycles. The van der Waals surface area contributed by atoms with Crippen molar-refractivity contribution in [3.63, 3.8) is 0 Å². The molecule has 8 nitrogen and oxygen atoms in total. The molecule has 0 bridgehead atoms. The Labute approximate surface area is 213 Å². The quantitative estimate of drug-likeness (QED) is 0.284. The van der Waals surface area contributed by atoms with Gasteiger partial charge in [0.25, 0.3) is 0 Å². The number of hydrogen-bond acceptors (Lipinski definition) is 7. The first-order chi connectivity index (χ1) is 18.0. The van der Waals surface area contributed by atoms with Crippen LogP contribution in [0.4, 0.5) is 23.5 Å². The Morgan fingerprint density at radius 3 is 2.32 bits per heavy atom. The van der Waals surface area contributed by atoms with E-state index in [1.807, 2.05) is 0 Å². The minimum absolute atomic E-state index is 0.0547. The first-order valence-electron chi connectivity index (χ1n) is 11.2. The number of rotatable bonds is 8. The lowest BCUT2D eigenvalue weighted by Crippen LogP contribution is -2.32. The SMILES string of the molecule is Nc1nc(OC(c2ccccc2-c2cccc(F)c2)C(F)(F)F)nc(-c2ccc(C[C@H](N)C(=O)O)cc2)n1. The molecule has 0 amide bonds. The molecule has 0 fully saturated rings. The third-order valence-electron chi connectivity index (χ3n) is 5.52. The summed E-state index contributed by atoms with van der Waals surface area (Å²) < 4.78 is 61.8. The molecule has 0 spiro atoms. The summed E-state index contributed by atoms with van der Waals surface area (Å²) in [5.41, 5.74) is 12.4. The van der Waals surface area contributed by atoms with Crippen LogP contribution in [0, 0.1) is 5.82 Å². The van der Waals surface area contributed by atoms with Crippen LogP contribution in [0.3, 0.4) is 0 Å². The van der Waals surface area contributed by atoms with E-state index in [4.69, 9.17) is 21.3 Å². The van der Waals surface area contributed by atoms with Crippen molar-refractivity contribution in [2.24, 2.45) is 5.73 Å². The third-order valence-corrected chi connectivity index (χ3v) is 5.52. The van der Waals surface area contributed by atoms with Gasteiger partial charge in [0.2, 0.25) is 12.1 Å². The van der Waals surface area contributed by atoms with E-state index < -0.39 is 36.1 Å². The standard InChI is InChI=1S/C26H21F4N5O3/c27-17-5-3-4-16(13-17)18-6-1-2-7-19(18)21(26(28,29)30)38-25-34-22(33-24(32)35-25)15-10-8-14(9-11-15)12-20(31)23(36)37/h1-11,13,20-21H,12,31H2,(H,36,37)(H2,32,33,34,35)/t20-,21?/m0/s1. The zero-order chi connectivity index (χ0) is 27.4. The molecular weight excluding hydrogens is 506 g/mol. The molecule has 5 N–H and O–H groups in total. The number of nitrogens with zero attached hydrogens (tertiary/aromatic N) is 3. The number of anilines is 1. The van der Waals surface area contributed by atoms with Crippen LogP contribution in [-0.2, 0) is 11.2 Å². The van der Waals surface area contributed by atoms with Gasteiger partial charge >= 0.3 is 18.2 Å². The molecule has 38 heavy (non-hydrogen) atoms. The zero-order valence-electron chi connectivity index (χ0n) is 19.6. The van der Waals surface area contributed by atoms with E-state index >= 15 is 0 Å². The van der Waals surface area contributed by atoms with Crippen molar-refractivity contribution < 1.29 is 32.2 Å². The second-order valence-corrected chi connectivity index (χ2v) is 8.28. The van der Waals surface area contributed by atoms with Crippen LogP contribution in [0.1, 0.15) is 17.2 Å². The number of carboxylic acids is 1. The highest BCUT2D eigenvalue weighted by Crippen LogP contribution is 2.40. The maximum atomic E-state index is 14.2. The molecule has 1 unspecified atom stereocenters. The van der Waals surface area contributed by atoms with Crippen molar-refractivity contribution in [1.29, 1.82) is 0 Å². The fourth-order valence-corrected chi connectivity index (χ4v) is 3.74. The largest absolute Gasteiger partial charge is 0.480 e. The van der Waals surface area contributed by atoms with Crippen LogP contribution in [0.25, 0.3) is 22.5 Å².